The monoisotopic (exact) mass is 296 g/mol. The van der Waals surface area contributed by atoms with Gasteiger partial charge in [0, 0.05) is 12.5 Å². The van der Waals surface area contributed by atoms with Gasteiger partial charge in [0.05, 0.1) is 13.7 Å². The molecule has 0 aliphatic heterocycles. The molecule has 0 spiro atoms. The normalized spacial score (nSPS) is 10.7. The third kappa shape index (κ3) is 5.21. The first kappa shape index (κ1) is 17.2. The molecule has 0 aliphatic carbocycles. The number of hydrogen-bond acceptors (Lipinski definition) is 5. The number of hydrogen-bond donors (Lipinski definition) is 0. The molecule has 0 N–H and O–H groups in total. The number of amides is 1. The van der Waals surface area contributed by atoms with Crippen LogP contribution in [0, 0.1) is 0 Å². The minimum Gasteiger partial charge on any atom is -0.464 e. The minimum atomic E-state index is -0.546. The Kier molecular flexibility index (Phi) is 6.91. The number of esters is 1. The molecule has 6 heteroatoms. The Bertz CT molecular complexity index is 468. The van der Waals surface area contributed by atoms with E-state index in [0.717, 1.165) is 19.3 Å². The number of carbonyl (C=O) groups excluding carboxylic acids is 2. The first-order chi connectivity index (χ1) is 9.99. The number of unbranched alkanes of at least 4 members (excludes halogenated alkanes) is 2. The van der Waals surface area contributed by atoms with E-state index in [9.17, 15) is 9.59 Å². The molecule has 0 unspecified atom stereocenters. The van der Waals surface area contributed by atoms with Crippen molar-refractivity contribution in [2.75, 3.05) is 7.11 Å². The van der Waals surface area contributed by atoms with Crippen LogP contribution in [0.5, 0.6) is 0 Å². The van der Waals surface area contributed by atoms with E-state index in [1.807, 2.05) is 13.8 Å². The fourth-order valence-electron chi connectivity index (χ4n) is 1.96. The van der Waals surface area contributed by atoms with Crippen LogP contribution in [0.15, 0.2) is 10.7 Å². The van der Waals surface area contributed by atoms with Crippen LogP contribution in [0.3, 0.4) is 0 Å². The Balaban J connectivity index is 2.67. The SMILES string of the molecule is CCCCCC(=O)N(Cc1nc(C(=O)OC)co1)C(C)C. The Hall–Kier alpha value is -1.85. The van der Waals surface area contributed by atoms with E-state index in [2.05, 4.69) is 16.6 Å². The van der Waals surface area contributed by atoms with E-state index in [-0.39, 0.29) is 24.2 Å². The molecule has 1 aromatic heterocycles. The lowest BCUT2D eigenvalue weighted by Crippen LogP contribution is -2.36. The van der Waals surface area contributed by atoms with Crippen LogP contribution in [-0.2, 0) is 16.1 Å². The number of ether oxygens (including phenoxy) is 1. The molecule has 0 fully saturated rings. The lowest BCUT2D eigenvalue weighted by molar-refractivity contribution is -0.134. The van der Waals surface area contributed by atoms with Crippen LogP contribution in [0.25, 0.3) is 0 Å². The summed E-state index contributed by atoms with van der Waals surface area (Å²) in [6, 6.07) is 0.0487. The molecule has 0 saturated carbocycles. The molecule has 118 valence electrons. The van der Waals surface area contributed by atoms with Crippen molar-refractivity contribution in [3.05, 3.63) is 17.8 Å². The molecule has 1 aromatic rings. The van der Waals surface area contributed by atoms with Gasteiger partial charge in [-0.1, -0.05) is 19.8 Å². The average molecular weight is 296 g/mol. The van der Waals surface area contributed by atoms with Crippen LogP contribution in [0.1, 0.15) is 62.8 Å². The lowest BCUT2D eigenvalue weighted by atomic mass is 10.1. The first-order valence-corrected chi connectivity index (χ1v) is 7.31. The molecule has 0 bridgehead atoms. The average Bonchev–Trinajstić information content (AvgIpc) is 2.92. The summed E-state index contributed by atoms with van der Waals surface area (Å²) in [4.78, 5) is 29.3. The molecule has 1 heterocycles. The van der Waals surface area contributed by atoms with Crippen molar-refractivity contribution >= 4 is 11.9 Å². The highest BCUT2D eigenvalue weighted by Gasteiger charge is 2.20. The fourth-order valence-corrected chi connectivity index (χ4v) is 1.96. The Morgan fingerprint density at radius 2 is 2.10 bits per heavy atom. The molecule has 6 nitrogen and oxygen atoms in total. The smallest absolute Gasteiger partial charge is 0.360 e. The lowest BCUT2D eigenvalue weighted by Gasteiger charge is -2.25. The second-order valence-corrected chi connectivity index (χ2v) is 5.19. The largest absolute Gasteiger partial charge is 0.464 e. The summed E-state index contributed by atoms with van der Waals surface area (Å²) in [5, 5.41) is 0. The van der Waals surface area contributed by atoms with Crippen LogP contribution >= 0.6 is 0 Å². The van der Waals surface area contributed by atoms with Crippen molar-refractivity contribution in [3.63, 3.8) is 0 Å². The second-order valence-electron chi connectivity index (χ2n) is 5.19. The zero-order valence-corrected chi connectivity index (χ0v) is 13.2. The Morgan fingerprint density at radius 3 is 2.67 bits per heavy atom. The van der Waals surface area contributed by atoms with Crippen molar-refractivity contribution in [2.24, 2.45) is 0 Å². The van der Waals surface area contributed by atoms with Crippen molar-refractivity contribution < 1.29 is 18.7 Å². The highest BCUT2D eigenvalue weighted by Crippen LogP contribution is 2.12. The van der Waals surface area contributed by atoms with Crippen LogP contribution in [-0.4, -0.2) is 34.9 Å². The molecule has 1 amide bonds. The van der Waals surface area contributed by atoms with Gasteiger partial charge >= 0.3 is 5.97 Å². The predicted octanol–water partition coefficient (Wildman–Crippen LogP) is 2.78. The van der Waals surface area contributed by atoms with E-state index in [0.29, 0.717) is 12.3 Å². The zero-order valence-electron chi connectivity index (χ0n) is 13.2. The molecule has 0 aromatic carbocycles. The summed E-state index contributed by atoms with van der Waals surface area (Å²) in [7, 11) is 1.29. The summed E-state index contributed by atoms with van der Waals surface area (Å²) in [6.07, 6.45) is 4.79. The maximum absolute atomic E-state index is 12.2. The van der Waals surface area contributed by atoms with E-state index >= 15 is 0 Å². The van der Waals surface area contributed by atoms with E-state index in [4.69, 9.17) is 4.42 Å². The maximum Gasteiger partial charge on any atom is 0.360 e. The van der Waals surface area contributed by atoms with Crippen molar-refractivity contribution in [1.29, 1.82) is 0 Å². The van der Waals surface area contributed by atoms with Gasteiger partial charge in [0.15, 0.2) is 5.69 Å². The van der Waals surface area contributed by atoms with Gasteiger partial charge < -0.3 is 14.1 Å². The molecule has 1 rings (SSSR count). The molecule has 0 saturated heterocycles. The van der Waals surface area contributed by atoms with E-state index < -0.39 is 5.97 Å². The van der Waals surface area contributed by atoms with Gasteiger partial charge in [-0.05, 0) is 20.3 Å². The van der Waals surface area contributed by atoms with Gasteiger partial charge in [-0.25, -0.2) is 9.78 Å². The number of aromatic nitrogens is 1. The van der Waals surface area contributed by atoms with E-state index in [1.54, 1.807) is 4.90 Å². The summed E-state index contributed by atoms with van der Waals surface area (Å²) in [5.74, 6) is -0.125. The van der Waals surface area contributed by atoms with E-state index in [1.165, 1.54) is 13.4 Å². The first-order valence-electron chi connectivity index (χ1n) is 7.31. The molecule has 0 atom stereocenters. The van der Waals surface area contributed by atoms with Gasteiger partial charge in [-0.2, -0.15) is 0 Å². The maximum atomic E-state index is 12.2. The summed E-state index contributed by atoms with van der Waals surface area (Å²) in [5.41, 5.74) is 0.120. The van der Waals surface area contributed by atoms with Crippen molar-refractivity contribution in [1.82, 2.24) is 9.88 Å². The quantitative estimate of drug-likeness (QED) is 0.545. The number of rotatable bonds is 8. The second kappa shape index (κ2) is 8.44. The fraction of sp³-hybridized carbons (Fsp3) is 0.667. The third-order valence-electron chi connectivity index (χ3n) is 3.19. The predicted molar refractivity (Wildman–Crippen MR) is 77.7 cm³/mol. The topological polar surface area (TPSA) is 72.6 Å². The van der Waals surface area contributed by atoms with Crippen LogP contribution < -0.4 is 0 Å². The minimum absolute atomic E-state index is 0.0487. The molecule has 0 aliphatic rings. The molecule has 0 radical (unpaired) electrons. The summed E-state index contributed by atoms with van der Waals surface area (Å²) in [6.45, 7) is 6.26. The van der Waals surface area contributed by atoms with Crippen molar-refractivity contribution in [3.8, 4) is 0 Å². The van der Waals surface area contributed by atoms with Gasteiger partial charge in [-0.15, -0.1) is 0 Å². The van der Waals surface area contributed by atoms with Gasteiger partial charge in [0.25, 0.3) is 0 Å². The van der Waals surface area contributed by atoms with Crippen LogP contribution in [0.2, 0.25) is 0 Å². The highest BCUT2D eigenvalue weighted by atomic mass is 16.5. The molecular formula is C15H24N2O4. The van der Waals surface area contributed by atoms with Gasteiger partial charge in [0.2, 0.25) is 11.8 Å². The van der Waals surface area contributed by atoms with Crippen LogP contribution in [0.4, 0.5) is 0 Å². The third-order valence-corrected chi connectivity index (χ3v) is 3.19. The molecular weight excluding hydrogens is 272 g/mol. The summed E-state index contributed by atoms with van der Waals surface area (Å²) >= 11 is 0. The van der Waals surface area contributed by atoms with Gasteiger partial charge in [0.1, 0.15) is 6.26 Å². The number of oxazole rings is 1. The number of nitrogens with zero attached hydrogens (tertiary/aromatic N) is 2. The summed E-state index contributed by atoms with van der Waals surface area (Å²) < 4.78 is 9.81. The molecule has 21 heavy (non-hydrogen) atoms. The standard InChI is InChI=1S/C15H24N2O4/c1-5-6-7-8-14(18)17(11(2)3)9-13-16-12(10-21-13)15(19)20-4/h10-11H,5-9H2,1-4H3. The van der Waals surface area contributed by atoms with Crippen molar-refractivity contribution in [2.45, 2.75) is 59.0 Å². The van der Waals surface area contributed by atoms with Gasteiger partial charge in [-0.3, -0.25) is 4.79 Å². The highest BCUT2D eigenvalue weighted by molar-refractivity contribution is 5.86. The zero-order chi connectivity index (χ0) is 15.8. The number of methoxy groups -OCH3 is 1. The Morgan fingerprint density at radius 1 is 1.38 bits per heavy atom. The number of carbonyl (C=O) groups is 2. The Labute approximate surface area is 125 Å².